The fraction of sp³-hybridized carbons (Fsp3) is 0. The van der Waals surface area contributed by atoms with Crippen LogP contribution in [-0.4, -0.2) is 15.0 Å². The lowest BCUT2D eigenvalue weighted by molar-refractivity contribution is 1.18. The molecule has 0 saturated heterocycles. The minimum atomic E-state index is 0.666. The van der Waals surface area contributed by atoms with Gasteiger partial charge in [0, 0.05) is 44.5 Å². The second-order valence-electron chi connectivity index (χ2n) is 14.8. The molecule has 60 heavy (non-hydrogen) atoms. The first kappa shape index (κ1) is 36.3. The van der Waals surface area contributed by atoms with Crippen LogP contribution in [0.25, 0.3) is 101 Å². The van der Waals surface area contributed by atoms with Crippen LogP contribution in [0.2, 0.25) is 0 Å². The molecule has 0 saturated carbocycles. The van der Waals surface area contributed by atoms with E-state index in [1.807, 2.05) is 12.1 Å². The molecule has 10 aromatic rings. The van der Waals surface area contributed by atoms with Crippen molar-refractivity contribution >= 4 is 0 Å². The van der Waals surface area contributed by atoms with Gasteiger partial charge in [-0.2, -0.15) is 0 Å². The largest absolute Gasteiger partial charge is 0.246 e. The van der Waals surface area contributed by atoms with Crippen molar-refractivity contribution in [2.45, 2.75) is 0 Å². The van der Waals surface area contributed by atoms with Crippen LogP contribution in [0.15, 0.2) is 237 Å². The summed E-state index contributed by atoms with van der Waals surface area (Å²) in [6, 6.07) is 82.7. The minimum absolute atomic E-state index is 0.666. The standard InChI is InChI=1S/C57H39N3/c1-7-20-40(21-8-1)48-32-19-33-49(38-48)51-39-50(41-22-9-2-10-23-41)58-57(59-51)47-36-34-44(35-37-47)52-53(42-24-11-3-12-25-42)55(45-28-15-5-16-29-45)60-56(46-30-17-6-18-31-46)54(52)43-26-13-4-14-27-43/h1-39H. The van der Waals surface area contributed by atoms with Crippen LogP contribution < -0.4 is 0 Å². The third-order valence-corrected chi connectivity index (χ3v) is 10.9. The molecule has 0 spiro atoms. The molecule has 3 nitrogen and oxygen atoms in total. The van der Waals surface area contributed by atoms with Crippen LogP contribution in [0.4, 0.5) is 0 Å². The van der Waals surface area contributed by atoms with Gasteiger partial charge in [0.25, 0.3) is 0 Å². The maximum Gasteiger partial charge on any atom is 0.160 e. The molecule has 0 unspecified atom stereocenters. The Morgan fingerprint density at radius 3 is 1.03 bits per heavy atom. The molecule has 10 rings (SSSR count). The predicted molar refractivity (Wildman–Crippen MR) is 249 cm³/mol. The third-order valence-electron chi connectivity index (χ3n) is 10.9. The zero-order valence-electron chi connectivity index (χ0n) is 32.9. The molecule has 8 aromatic carbocycles. The quantitative estimate of drug-likeness (QED) is 0.147. The molecule has 0 bridgehead atoms. The Bertz CT molecular complexity index is 2920. The van der Waals surface area contributed by atoms with E-state index < -0.39 is 0 Å². The maximum atomic E-state index is 5.60. The van der Waals surface area contributed by atoms with E-state index >= 15 is 0 Å². The fourth-order valence-corrected chi connectivity index (χ4v) is 8.01. The van der Waals surface area contributed by atoms with Gasteiger partial charge in [-0.05, 0) is 39.9 Å². The summed E-state index contributed by atoms with van der Waals surface area (Å²) in [4.78, 5) is 16.1. The first-order valence-electron chi connectivity index (χ1n) is 20.3. The van der Waals surface area contributed by atoms with Gasteiger partial charge < -0.3 is 0 Å². The third kappa shape index (κ3) is 7.32. The lowest BCUT2D eigenvalue weighted by Crippen LogP contribution is -2.01. The molecule has 0 aliphatic heterocycles. The predicted octanol–water partition coefficient (Wildman–Crippen LogP) is 14.9. The number of hydrogen-bond donors (Lipinski definition) is 0. The summed E-state index contributed by atoms with van der Waals surface area (Å²) in [7, 11) is 0. The lowest BCUT2D eigenvalue weighted by Gasteiger charge is -2.23. The number of rotatable bonds is 9. The summed E-state index contributed by atoms with van der Waals surface area (Å²) >= 11 is 0. The van der Waals surface area contributed by atoms with Gasteiger partial charge in [0.05, 0.1) is 22.8 Å². The van der Waals surface area contributed by atoms with E-state index in [-0.39, 0.29) is 0 Å². The molecule has 3 heteroatoms. The van der Waals surface area contributed by atoms with Gasteiger partial charge in [-0.25, -0.2) is 15.0 Å². The molecule has 0 aliphatic carbocycles. The Morgan fingerprint density at radius 1 is 0.200 bits per heavy atom. The Hall–Kier alpha value is -8.01. The number of aromatic nitrogens is 3. The number of pyridine rings is 1. The van der Waals surface area contributed by atoms with Crippen LogP contribution in [0.3, 0.4) is 0 Å². The molecular weight excluding hydrogens is 727 g/mol. The highest BCUT2D eigenvalue weighted by Gasteiger charge is 2.25. The molecule has 0 amide bonds. The van der Waals surface area contributed by atoms with E-state index in [0.717, 1.165) is 89.5 Å². The molecule has 0 N–H and O–H groups in total. The summed E-state index contributed by atoms with van der Waals surface area (Å²) in [5.74, 6) is 0.666. The first-order valence-corrected chi connectivity index (χ1v) is 20.3. The molecule has 2 aromatic heterocycles. The zero-order valence-corrected chi connectivity index (χ0v) is 32.9. The average Bonchev–Trinajstić information content (AvgIpc) is 3.35. The molecule has 0 atom stereocenters. The van der Waals surface area contributed by atoms with E-state index in [1.165, 1.54) is 5.56 Å². The summed E-state index contributed by atoms with van der Waals surface area (Å²) in [6.45, 7) is 0. The molecule has 282 valence electrons. The first-order chi connectivity index (χ1) is 29.8. The Balaban J connectivity index is 1.19. The van der Waals surface area contributed by atoms with Crippen LogP contribution in [0, 0.1) is 0 Å². The topological polar surface area (TPSA) is 38.7 Å². The van der Waals surface area contributed by atoms with Crippen LogP contribution in [0.1, 0.15) is 0 Å². The van der Waals surface area contributed by atoms with Crippen LogP contribution in [0.5, 0.6) is 0 Å². The molecule has 0 radical (unpaired) electrons. The second kappa shape index (κ2) is 16.5. The van der Waals surface area contributed by atoms with Gasteiger partial charge in [-0.1, -0.05) is 224 Å². The highest BCUT2D eigenvalue weighted by molar-refractivity contribution is 6.05. The Morgan fingerprint density at radius 2 is 0.550 bits per heavy atom. The fourth-order valence-electron chi connectivity index (χ4n) is 8.01. The van der Waals surface area contributed by atoms with E-state index in [1.54, 1.807) is 0 Å². The Kier molecular flexibility index (Phi) is 9.97. The van der Waals surface area contributed by atoms with Crippen molar-refractivity contribution in [2.75, 3.05) is 0 Å². The lowest BCUT2D eigenvalue weighted by atomic mass is 9.83. The summed E-state index contributed by atoms with van der Waals surface area (Å²) in [6.07, 6.45) is 0. The SMILES string of the molecule is c1ccc(-c2cccc(-c3cc(-c4ccccc4)nc(-c4ccc(-c5c(-c6ccccc6)c(-c6ccccc6)nc(-c6ccccc6)c5-c5ccccc5)cc4)n3)c2)cc1. The van der Waals surface area contributed by atoms with Crippen molar-refractivity contribution in [2.24, 2.45) is 0 Å². The average molecular weight is 766 g/mol. The van der Waals surface area contributed by atoms with Gasteiger partial charge in [0.2, 0.25) is 0 Å². The molecular formula is C57H39N3. The number of nitrogens with zero attached hydrogens (tertiary/aromatic N) is 3. The van der Waals surface area contributed by atoms with Gasteiger partial charge >= 0.3 is 0 Å². The summed E-state index contributed by atoms with van der Waals surface area (Å²) < 4.78 is 0. The minimum Gasteiger partial charge on any atom is -0.246 e. The van der Waals surface area contributed by atoms with Gasteiger partial charge in [0.15, 0.2) is 5.82 Å². The Labute approximate surface area is 351 Å². The maximum absolute atomic E-state index is 5.60. The monoisotopic (exact) mass is 765 g/mol. The van der Waals surface area contributed by atoms with Crippen molar-refractivity contribution in [3.05, 3.63) is 237 Å². The number of benzene rings is 8. The normalized spacial score (nSPS) is 11.0. The van der Waals surface area contributed by atoms with Gasteiger partial charge in [-0.3, -0.25) is 0 Å². The van der Waals surface area contributed by atoms with Gasteiger partial charge in [-0.15, -0.1) is 0 Å². The molecule has 2 heterocycles. The zero-order chi connectivity index (χ0) is 40.1. The van der Waals surface area contributed by atoms with E-state index in [2.05, 4.69) is 224 Å². The molecule has 0 fully saturated rings. The highest BCUT2D eigenvalue weighted by Crippen LogP contribution is 2.48. The van der Waals surface area contributed by atoms with E-state index in [4.69, 9.17) is 15.0 Å². The van der Waals surface area contributed by atoms with Gasteiger partial charge in [0.1, 0.15) is 0 Å². The number of hydrogen-bond acceptors (Lipinski definition) is 3. The van der Waals surface area contributed by atoms with Crippen molar-refractivity contribution in [1.82, 2.24) is 15.0 Å². The van der Waals surface area contributed by atoms with Crippen molar-refractivity contribution in [3.63, 3.8) is 0 Å². The summed E-state index contributed by atoms with van der Waals surface area (Å²) in [5, 5.41) is 0. The van der Waals surface area contributed by atoms with Crippen LogP contribution >= 0.6 is 0 Å². The van der Waals surface area contributed by atoms with E-state index in [0.29, 0.717) is 5.82 Å². The summed E-state index contributed by atoms with van der Waals surface area (Å²) in [5.41, 5.74) is 17.6. The van der Waals surface area contributed by atoms with E-state index in [9.17, 15) is 0 Å². The van der Waals surface area contributed by atoms with Crippen molar-refractivity contribution < 1.29 is 0 Å². The second-order valence-corrected chi connectivity index (χ2v) is 14.8. The van der Waals surface area contributed by atoms with Crippen LogP contribution in [-0.2, 0) is 0 Å². The van der Waals surface area contributed by atoms with Crippen molar-refractivity contribution in [1.29, 1.82) is 0 Å². The van der Waals surface area contributed by atoms with Crippen molar-refractivity contribution in [3.8, 4) is 101 Å². The smallest absolute Gasteiger partial charge is 0.160 e. The highest BCUT2D eigenvalue weighted by atomic mass is 14.9. The molecule has 0 aliphatic rings.